The Morgan fingerprint density at radius 1 is 1.56 bits per heavy atom. The summed E-state index contributed by atoms with van der Waals surface area (Å²) in [6, 6.07) is 1.83. The Balaban J connectivity index is 1.74. The maximum Gasteiger partial charge on any atom is 0.146 e. The van der Waals surface area contributed by atoms with Gasteiger partial charge in [-0.25, -0.2) is 0 Å². The minimum atomic E-state index is -0.527. The average Bonchev–Trinajstić information content (AvgIpc) is 2.98. The van der Waals surface area contributed by atoms with Crippen LogP contribution in [0.4, 0.5) is 0 Å². The van der Waals surface area contributed by atoms with Gasteiger partial charge in [-0.2, -0.15) is 11.8 Å². The molecule has 3 atom stereocenters. The van der Waals surface area contributed by atoms with Gasteiger partial charge in [0.05, 0.1) is 16.3 Å². The third kappa shape index (κ3) is 2.38. The minimum Gasteiger partial charge on any atom is -0.465 e. The summed E-state index contributed by atoms with van der Waals surface area (Å²) in [4.78, 5) is 0. The SMILES string of the molecule is OC(c1occc1Br)C1CCOC2(CCSC2)C1. The highest BCUT2D eigenvalue weighted by Gasteiger charge is 2.43. The molecule has 3 rings (SSSR count). The lowest BCUT2D eigenvalue weighted by Gasteiger charge is -2.39. The first-order chi connectivity index (χ1) is 8.70. The lowest BCUT2D eigenvalue weighted by Crippen LogP contribution is -2.41. The Hall–Kier alpha value is 0.0300. The first kappa shape index (κ1) is 13.0. The Labute approximate surface area is 119 Å². The number of rotatable bonds is 2. The van der Waals surface area contributed by atoms with Gasteiger partial charge in [0.2, 0.25) is 0 Å². The molecule has 1 aromatic rings. The number of thioether (sulfide) groups is 1. The van der Waals surface area contributed by atoms with E-state index in [9.17, 15) is 5.11 Å². The standard InChI is InChI=1S/C13H17BrO3S/c14-10-2-4-16-12(10)11(15)9-1-5-17-13(7-9)3-6-18-8-13/h2,4,9,11,15H,1,3,5-8H2. The Bertz CT molecular complexity index is 414. The van der Waals surface area contributed by atoms with E-state index in [4.69, 9.17) is 9.15 Å². The van der Waals surface area contributed by atoms with E-state index in [0.29, 0.717) is 5.76 Å². The van der Waals surface area contributed by atoms with Crippen LogP contribution in [0, 0.1) is 5.92 Å². The van der Waals surface area contributed by atoms with E-state index in [1.54, 1.807) is 6.26 Å². The van der Waals surface area contributed by atoms with Crippen LogP contribution in [-0.2, 0) is 4.74 Å². The molecule has 0 bridgehead atoms. The summed E-state index contributed by atoms with van der Waals surface area (Å²) in [5.41, 5.74) is 0.00757. The summed E-state index contributed by atoms with van der Waals surface area (Å²) in [6.07, 6.45) is 4.04. The van der Waals surface area contributed by atoms with Crippen molar-refractivity contribution in [3.8, 4) is 0 Å². The van der Waals surface area contributed by atoms with Gasteiger partial charge in [0, 0.05) is 12.4 Å². The minimum absolute atomic E-state index is 0.00757. The molecule has 2 aliphatic heterocycles. The smallest absolute Gasteiger partial charge is 0.146 e. The van der Waals surface area contributed by atoms with E-state index >= 15 is 0 Å². The van der Waals surface area contributed by atoms with Gasteiger partial charge in [-0.15, -0.1) is 0 Å². The second kappa shape index (κ2) is 5.19. The van der Waals surface area contributed by atoms with E-state index in [-0.39, 0.29) is 11.5 Å². The lowest BCUT2D eigenvalue weighted by atomic mass is 9.81. The van der Waals surface area contributed by atoms with Crippen LogP contribution in [0.15, 0.2) is 21.2 Å². The van der Waals surface area contributed by atoms with Crippen LogP contribution < -0.4 is 0 Å². The van der Waals surface area contributed by atoms with E-state index in [1.807, 2.05) is 17.8 Å². The fourth-order valence-electron chi connectivity index (χ4n) is 2.93. The number of halogens is 1. The van der Waals surface area contributed by atoms with Crippen molar-refractivity contribution in [1.29, 1.82) is 0 Å². The third-order valence-corrected chi connectivity index (χ3v) is 5.84. The number of aliphatic hydroxyl groups excluding tert-OH is 1. The van der Waals surface area contributed by atoms with E-state index < -0.39 is 6.10 Å². The second-order valence-electron chi connectivity index (χ2n) is 5.16. The molecule has 3 unspecified atom stereocenters. The van der Waals surface area contributed by atoms with Gasteiger partial charge in [-0.1, -0.05) is 0 Å². The summed E-state index contributed by atoms with van der Waals surface area (Å²) in [5, 5.41) is 10.5. The van der Waals surface area contributed by atoms with Crippen LogP contribution >= 0.6 is 27.7 Å². The zero-order chi connectivity index (χ0) is 12.6. The molecular formula is C13H17BrO3S. The quantitative estimate of drug-likeness (QED) is 0.901. The maximum atomic E-state index is 10.5. The number of hydrogen-bond donors (Lipinski definition) is 1. The largest absolute Gasteiger partial charge is 0.465 e. The van der Waals surface area contributed by atoms with Gasteiger partial charge in [0.25, 0.3) is 0 Å². The molecule has 0 aliphatic carbocycles. The molecule has 3 heterocycles. The normalized spacial score (nSPS) is 34.0. The first-order valence-corrected chi connectivity index (χ1v) is 8.28. The summed E-state index contributed by atoms with van der Waals surface area (Å²) in [5.74, 6) is 3.13. The van der Waals surface area contributed by atoms with Crippen LogP contribution in [0.1, 0.15) is 31.1 Å². The van der Waals surface area contributed by atoms with E-state index in [2.05, 4.69) is 15.9 Å². The zero-order valence-electron chi connectivity index (χ0n) is 10.1. The van der Waals surface area contributed by atoms with Gasteiger partial charge < -0.3 is 14.3 Å². The van der Waals surface area contributed by atoms with Crippen molar-refractivity contribution in [2.75, 3.05) is 18.1 Å². The van der Waals surface area contributed by atoms with Crippen LogP contribution in [0.25, 0.3) is 0 Å². The molecule has 18 heavy (non-hydrogen) atoms. The fraction of sp³-hybridized carbons (Fsp3) is 0.692. The number of aliphatic hydroxyl groups is 1. The van der Waals surface area contributed by atoms with Crippen molar-refractivity contribution in [2.45, 2.75) is 31.0 Å². The highest BCUT2D eigenvalue weighted by molar-refractivity contribution is 9.10. The number of ether oxygens (including phenoxy) is 1. The molecule has 0 saturated carbocycles. The van der Waals surface area contributed by atoms with Gasteiger partial charge in [-0.05, 0) is 52.9 Å². The van der Waals surface area contributed by atoms with Gasteiger partial charge in [0.15, 0.2) is 0 Å². The molecule has 0 radical (unpaired) electrons. The van der Waals surface area contributed by atoms with Crippen LogP contribution in [-0.4, -0.2) is 28.8 Å². The lowest BCUT2D eigenvalue weighted by molar-refractivity contribution is -0.104. The highest BCUT2D eigenvalue weighted by Crippen LogP contribution is 2.44. The molecule has 5 heteroatoms. The maximum absolute atomic E-state index is 10.5. The van der Waals surface area contributed by atoms with Gasteiger partial charge in [-0.3, -0.25) is 0 Å². The fourth-order valence-corrected chi connectivity index (χ4v) is 4.74. The molecule has 2 saturated heterocycles. The van der Waals surface area contributed by atoms with Crippen molar-refractivity contribution < 1.29 is 14.3 Å². The van der Waals surface area contributed by atoms with Crippen LogP contribution in [0.3, 0.4) is 0 Å². The van der Waals surface area contributed by atoms with E-state index in [0.717, 1.165) is 36.1 Å². The third-order valence-electron chi connectivity index (χ3n) is 3.96. The Morgan fingerprint density at radius 2 is 2.44 bits per heavy atom. The van der Waals surface area contributed by atoms with E-state index in [1.165, 1.54) is 5.75 Å². The first-order valence-electron chi connectivity index (χ1n) is 6.33. The molecule has 3 nitrogen and oxygen atoms in total. The second-order valence-corrected chi connectivity index (χ2v) is 7.12. The molecule has 100 valence electrons. The number of furan rings is 1. The summed E-state index contributed by atoms with van der Waals surface area (Å²) in [6.45, 7) is 0.751. The molecule has 1 spiro atoms. The van der Waals surface area contributed by atoms with Crippen molar-refractivity contribution >= 4 is 27.7 Å². The van der Waals surface area contributed by atoms with Gasteiger partial charge in [0.1, 0.15) is 11.9 Å². The molecule has 0 amide bonds. The van der Waals surface area contributed by atoms with Crippen LogP contribution in [0.5, 0.6) is 0 Å². The molecule has 1 N–H and O–H groups in total. The van der Waals surface area contributed by atoms with Crippen molar-refractivity contribution in [1.82, 2.24) is 0 Å². The summed E-state index contributed by atoms with van der Waals surface area (Å²) < 4.78 is 12.2. The topological polar surface area (TPSA) is 42.6 Å². The number of hydrogen-bond acceptors (Lipinski definition) is 4. The van der Waals surface area contributed by atoms with Crippen molar-refractivity contribution in [3.05, 3.63) is 22.6 Å². The summed E-state index contributed by atoms with van der Waals surface area (Å²) >= 11 is 5.37. The molecule has 2 fully saturated rings. The predicted octanol–water partition coefficient (Wildman–Crippen LogP) is 3.38. The molecule has 2 aliphatic rings. The average molecular weight is 333 g/mol. The highest BCUT2D eigenvalue weighted by atomic mass is 79.9. The molecule has 1 aromatic heterocycles. The summed E-state index contributed by atoms with van der Waals surface area (Å²) in [7, 11) is 0. The predicted molar refractivity (Wildman–Crippen MR) is 74.7 cm³/mol. The van der Waals surface area contributed by atoms with Crippen molar-refractivity contribution in [3.63, 3.8) is 0 Å². The Kier molecular flexibility index (Phi) is 3.76. The molecule has 0 aromatic carbocycles. The Morgan fingerprint density at radius 3 is 3.11 bits per heavy atom. The van der Waals surface area contributed by atoms with Crippen LogP contribution in [0.2, 0.25) is 0 Å². The molecular weight excluding hydrogens is 316 g/mol. The van der Waals surface area contributed by atoms with Gasteiger partial charge >= 0.3 is 0 Å². The zero-order valence-corrected chi connectivity index (χ0v) is 12.5. The monoisotopic (exact) mass is 332 g/mol. The van der Waals surface area contributed by atoms with Crippen molar-refractivity contribution in [2.24, 2.45) is 5.92 Å².